The maximum Gasteiger partial charge on any atom is 0.421 e. The van der Waals surface area contributed by atoms with E-state index in [0.717, 1.165) is 17.0 Å². The first-order valence-corrected chi connectivity index (χ1v) is 9.31. The smallest absolute Gasteiger partial charge is 0.270 e. The van der Waals surface area contributed by atoms with Crippen LogP contribution < -0.4 is 0 Å². The fourth-order valence-electron chi connectivity index (χ4n) is 3.74. The molecule has 0 N–H and O–H groups in total. The number of urea groups is 1. The van der Waals surface area contributed by atoms with Gasteiger partial charge in [0.2, 0.25) is 11.9 Å². The lowest BCUT2D eigenvalue weighted by molar-refractivity contribution is -0.534. The molecule has 8 heteroatoms. The normalized spacial score (nSPS) is 19.4. The van der Waals surface area contributed by atoms with Gasteiger partial charge in [-0.1, -0.05) is 35.3 Å². The van der Waals surface area contributed by atoms with E-state index >= 15 is 0 Å². The third-order valence-corrected chi connectivity index (χ3v) is 5.11. The number of nitrogens with zero attached hydrogens (tertiary/aromatic N) is 6. The average Bonchev–Trinajstić information content (AvgIpc) is 3.23. The number of hydrogen-bond donors (Lipinski definition) is 0. The highest BCUT2D eigenvalue weighted by molar-refractivity contribution is 6.22. The zero-order valence-corrected chi connectivity index (χ0v) is 16.5. The van der Waals surface area contributed by atoms with E-state index in [-0.39, 0.29) is 18.5 Å². The van der Waals surface area contributed by atoms with Gasteiger partial charge in [0.05, 0.1) is 18.8 Å². The zero-order chi connectivity index (χ0) is 20.0. The first-order valence-electron chi connectivity index (χ1n) is 9.31. The van der Waals surface area contributed by atoms with Crippen molar-refractivity contribution in [3.63, 3.8) is 0 Å². The zero-order valence-electron chi connectivity index (χ0n) is 16.5. The number of imide groups is 1. The molecule has 144 valence electrons. The number of rotatable bonds is 3. The van der Waals surface area contributed by atoms with Crippen LogP contribution in [0.3, 0.4) is 0 Å². The van der Waals surface area contributed by atoms with Gasteiger partial charge < -0.3 is 0 Å². The van der Waals surface area contributed by atoms with Gasteiger partial charge in [-0.25, -0.2) is 9.37 Å². The summed E-state index contributed by atoms with van der Waals surface area (Å²) in [7, 11) is 1.66. The highest BCUT2D eigenvalue weighted by Crippen LogP contribution is 2.22. The van der Waals surface area contributed by atoms with Crippen LogP contribution in [0.5, 0.6) is 0 Å². The number of amidine groups is 1. The predicted molar refractivity (Wildman–Crippen MR) is 104 cm³/mol. The van der Waals surface area contributed by atoms with Gasteiger partial charge >= 0.3 is 12.0 Å². The van der Waals surface area contributed by atoms with Crippen molar-refractivity contribution in [1.82, 2.24) is 19.6 Å². The van der Waals surface area contributed by atoms with Gasteiger partial charge in [0.25, 0.3) is 5.91 Å². The molecule has 3 heterocycles. The lowest BCUT2D eigenvalue weighted by Crippen LogP contribution is -2.62. The topological polar surface area (TPSA) is 73.8 Å². The molecule has 28 heavy (non-hydrogen) atoms. The quantitative estimate of drug-likeness (QED) is 0.761. The minimum Gasteiger partial charge on any atom is -0.270 e. The number of aliphatic imine (C=N–C) groups is 1. The number of carbonyl (C=O) groups excluding carboxylic acids is 2. The van der Waals surface area contributed by atoms with Gasteiger partial charge in [0.1, 0.15) is 5.69 Å². The summed E-state index contributed by atoms with van der Waals surface area (Å²) in [4.78, 5) is 33.6. The number of hydrogen-bond acceptors (Lipinski definition) is 4. The van der Waals surface area contributed by atoms with Crippen LogP contribution in [0.1, 0.15) is 23.9 Å². The van der Waals surface area contributed by atoms with Crippen molar-refractivity contribution in [2.45, 2.75) is 33.4 Å². The van der Waals surface area contributed by atoms with Crippen LogP contribution in [0.25, 0.3) is 0 Å². The van der Waals surface area contributed by atoms with Crippen molar-refractivity contribution in [2.24, 2.45) is 4.99 Å². The van der Waals surface area contributed by atoms with Crippen LogP contribution in [-0.4, -0.2) is 67.5 Å². The number of benzene rings is 1. The lowest BCUT2D eigenvalue weighted by atomic mass is 10.1. The number of amides is 3. The molecule has 1 unspecified atom stereocenters. The second kappa shape index (κ2) is 6.70. The second-order valence-electron chi connectivity index (χ2n) is 7.05. The van der Waals surface area contributed by atoms with Crippen molar-refractivity contribution in [3.05, 3.63) is 53.3 Å². The van der Waals surface area contributed by atoms with E-state index < -0.39 is 6.04 Å². The monoisotopic (exact) mass is 379 g/mol. The summed E-state index contributed by atoms with van der Waals surface area (Å²) < 4.78 is 3.63. The highest BCUT2D eigenvalue weighted by atomic mass is 16.2. The van der Waals surface area contributed by atoms with Crippen LogP contribution in [0, 0.1) is 13.8 Å². The molecule has 1 aromatic carbocycles. The lowest BCUT2D eigenvalue weighted by Gasteiger charge is -2.34. The van der Waals surface area contributed by atoms with Gasteiger partial charge in [-0.15, -0.1) is 9.78 Å². The first-order chi connectivity index (χ1) is 13.4. The van der Waals surface area contributed by atoms with Gasteiger partial charge in [-0.2, -0.15) is 0 Å². The number of fused-ring (bicyclic) bond motifs is 1. The molecule has 0 bridgehead atoms. The van der Waals surface area contributed by atoms with Gasteiger partial charge in [0, 0.05) is 7.05 Å². The molecule has 8 nitrogen and oxygen atoms in total. The first kappa shape index (κ1) is 18.1. The summed E-state index contributed by atoms with van der Waals surface area (Å²) in [6.07, 6.45) is 0. The van der Waals surface area contributed by atoms with Crippen LogP contribution >= 0.6 is 0 Å². The van der Waals surface area contributed by atoms with Crippen LogP contribution in [-0.2, 0) is 11.3 Å². The SMILES string of the molecule is CC[N+]1=C(n2nc(C)cc2C)N=C2C1C(=O)N(Cc1ccccc1)C(=O)N2C. The number of carbonyl (C=O) groups is 2. The maximum absolute atomic E-state index is 13.3. The molecule has 1 saturated heterocycles. The second-order valence-corrected chi connectivity index (χ2v) is 7.05. The number of likely N-dealkylation sites (N-methyl/N-ethyl adjacent to an activating group) is 2. The molecule has 2 aliphatic heterocycles. The molecule has 3 amide bonds. The van der Waals surface area contributed by atoms with Gasteiger partial charge in [-0.3, -0.25) is 14.6 Å². The molecule has 2 aromatic rings. The summed E-state index contributed by atoms with van der Waals surface area (Å²) in [5.41, 5.74) is 2.70. The predicted octanol–water partition coefficient (Wildman–Crippen LogP) is 1.61. The summed E-state index contributed by atoms with van der Waals surface area (Å²) in [5, 5.41) is 4.51. The summed E-state index contributed by atoms with van der Waals surface area (Å²) >= 11 is 0. The molecule has 0 spiro atoms. The Labute approximate surface area is 163 Å². The molecule has 1 atom stereocenters. The van der Waals surface area contributed by atoms with E-state index in [2.05, 4.69) is 10.1 Å². The molecule has 2 aliphatic rings. The molecule has 0 saturated carbocycles. The molecule has 0 radical (unpaired) electrons. The standard InChI is InChI=1S/C20H23N6O2/c1-5-24-16-17(21-19(24)26-14(3)11-13(2)22-26)23(4)20(28)25(18(16)27)12-15-9-7-6-8-10-15/h6-11,16H,5,12H2,1-4H3/q+1. The third kappa shape index (κ3) is 2.72. The Hall–Kier alpha value is -3.29. The maximum atomic E-state index is 13.3. The van der Waals surface area contributed by atoms with Gasteiger partial charge in [-0.05, 0) is 32.4 Å². The molecular formula is C20H23N6O2+. The summed E-state index contributed by atoms with van der Waals surface area (Å²) in [5.74, 6) is 0.760. The van der Waals surface area contributed by atoms with E-state index in [1.54, 1.807) is 11.7 Å². The van der Waals surface area contributed by atoms with Crippen molar-refractivity contribution < 1.29 is 14.2 Å². The number of aromatic nitrogens is 2. The third-order valence-electron chi connectivity index (χ3n) is 5.11. The van der Waals surface area contributed by atoms with Crippen LogP contribution in [0.2, 0.25) is 0 Å². The Morgan fingerprint density at radius 1 is 1.14 bits per heavy atom. The molecule has 1 aromatic heterocycles. The fraction of sp³-hybridized carbons (Fsp3) is 0.350. The van der Waals surface area contributed by atoms with Crippen molar-refractivity contribution in [2.75, 3.05) is 13.6 Å². The summed E-state index contributed by atoms with van der Waals surface area (Å²) in [6, 6.07) is 10.5. The fourth-order valence-corrected chi connectivity index (χ4v) is 3.74. The Kier molecular flexibility index (Phi) is 4.33. The largest absolute Gasteiger partial charge is 0.421 e. The van der Waals surface area contributed by atoms with E-state index in [1.807, 2.05) is 61.7 Å². The average molecular weight is 379 g/mol. The summed E-state index contributed by atoms with van der Waals surface area (Å²) in [6.45, 7) is 6.63. The van der Waals surface area contributed by atoms with E-state index in [4.69, 9.17) is 0 Å². The Balaban J connectivity index is 1.76. The van der Waals surface area contributed by atoms with Crippen molar-refractivity contribution in [3.8, 4) is 0 Å². The van der Waals surface area contributed by atoms with Gasteiger partial charge in [0.15, 0.2) is 0 Å². The Morgan fingerprint density at radius 3 is 2.46 bits per heavy atom. The Bertz CT molecular complexity index is 1020. The molecule has 4 rings (SSSR count). The van der Waals surface area contributed by atoms with Crippen molar-refractivity contribution in [1.29, 1.82) is 0 Å². The Morgan fingerprint density at radius 2 is 1.86 bits per heavy atom. The van der Waals surface area contributed by atoms with E-state index in [1.165, 1.54) is 9.80 Å². The number of aryl methyl sites for hydroxylation is 2. The van der Waals surface area contributed by atoms with Crippen molar-refractivity contribution >= 4 is 23.7 Å². The van der Waals surface area contributed by atoms with E-state index in [0.29, 0.717) is 18.3 Å². The van der Waals surface area contributed by atoms with E-state index in [9.17, 15) is 9.59 Å². The highest BCUT2D eigenvalue weighted by Gasteiger charge is 2.52. The minimum absolute atomic E-state index is 0.236. The minimum atomic E-state index is -0.629. The molecule has 0 aliphatic carbocycles. The van der Waals surface area contributed by atoms with Crippen LogP contribution in [0.15, 0.2) is 41.4 Å². The molecular weight excluding hydrogens is 356 g/mol. The van der Waals surface area contributed by atoms with Crippen LogP contribution in [0.4, 0.5) is 4.79 Å². The molecule has 1 fully saturated rings.